The fraction of sp³-hybridized carbons (Fsp3) is 0.300. The number of hydrogen-bond acceptors (Lipinski definition) is 5. The van der Waals surface area contributed by atoms with E-state index in [-0.39, 0.29) is 10.6 Å². The van der Waals surface area contributed by atoms with Gasteiger partial charge in [-0.15, -0.1) is 0 Å². The number of primary sulfonamides is 1. The number of amides is 1. The molecule has 0 heterocycles. The summed E-state index contributed by atoms with van der Waals surface area (Å²) in [6.07, 6.45) is 0.931. The molecule has 106 valence electrons. The highest BCUT2D eigenvalue weighted by molar-refractivity contribution is 7.91. The normalized spacial score (nSPS) is 12.2. The van der Waals surface area contributed by atoms with Gasteiger partial charge in [-0.3, -0.25) is 4.79 Å². The number of hydrogen-bond donors (Lipinski definition) is 2. The largest absolute Gasteiger partial charge is 0.325 e. The van der Waals surface area contributed by atoms with Gasteiger partial charge in [0.05, 0.1) is 4.90 Å². The lowest BCUT2D eigenvalue weighted by Crippen LogP contribution is -2.22. The van der Waals surface area contributed by atoms with Crippen LogP contribution in [0.4, 0.5) is 5.69 Å². The summed E-state index contributed by atoms with van der Waals surface area (Å²) >= 11 is 0. The molecule has 1 rings (SSSR count). The molecule has 0 unspecified atom stereocenters. The van der Waals surface area contributed by atoms with Crippen molar-refractivity contribution in [2.45, 2.75) is 11.8 Å². The molecule has 3 N–H and O–H groups in total. The third kappa shape index (κ3) is 4.97. The lowest BCUT2D eigenvalue weighted by Gasteiger charge is -2.09. The summed E-state index contributed by atoms with van der Waals surface area (Å²) in [6, 6.07) is 3.96. The maximum atomic E-state index is 11.5. The summed E-state index contributed by atoms with van der Waals surface area (Å²) in [5, 5.41) is 7.31. The van der Waals surface area contributed by atoms with Gasteiger partial charge in [-0.25, -0.2) is 22.0 Å². The van der Waals surface area contributed by atoms with Crippen molar-refractivity contribution >= 4 is 31.5 Å². The van der Waals surface area contributed by atoms with Gasteiger partial charge in [0.15, 0.2) is 9.84 Å². The fourth-order valence-electron chi connectivity index (χ4n) is 1.34. The van der Waals surface area contributed by atoms with Gasteiger partial charge in [-0.1, -0.05) is 6.07 Å². The first-order valence-electron chi connectivity index (χ1n) is 5.10. The van der Waals surface area contributed by atoms with Crippen LogP contribution < -0.4 is 10.5 Å². The van der Waals surface area contributed by atoms with Gasteiger partial charge in [0, 0.05) is 11.9 Å². The zero-order valence-corrected chi connectivity index (χ0v) is 12.0. The Morgan fingerprint density at radius 3 is 2.32 bits per heavy atom. The van der Waals surface area contributed by atoms with Crippen LogP contribution in [-0.2, 0) is 24.7 Å². The molecular weight excluding hydrogens is 292 g/mol. The molecule has 0 spiro atoms. The minimum absolute atomic E-state index is 0.159. The van der Waals surface area contributed by atoms with Crippen LogP contribution in [0.3, 0.4) is 0 Å². The summed E-state index contributed by atoms with van der Waals surface area (Å²) in [5.74, 6) is -1.41. The number of aryl methyl sites for hydroxylation is 1. The highest BCUT2D eigenvalue weighted by Gasteiger charge is 2.14. The molecule has 1 aromatic rings. The van der Waals surface area contributed by atoms with Gasteiger partial charge >= 0.3 is 0 Å². The molecule has 9 heteroatoms. The standard InChI is InChI=1S/C10H14N2O5S2/c1-7-3-4-8(19(11,16)17)5-9(7)12-10(13)6-18(2,14)15/h3-5H,6H2,1-2H3,(H,12,13)(H2,11,16,17). The monoisotopic (exact) mass is 306 g/mol. The van der Waals surface area contributed by atoms with E-state index in [1.807, 2.05) is 0 Å². The van der Waals surface area contributed by atoms with Crippen LogP contribution in [0.5, 0.6) is 0 Å². The Morgan fingerprint density at radius 1 is 1.26 bits per heavy atom. The number of nitrogens with one attached hydrogen (secondary N) is 1. The molecule has 1 aromatic carbocycles. The van der Waals surface area contributed by atoms with Gasteiger partial charge in [0.1, 0.15) is 5.75 Å². The van der Waals surface area contributed by atoms with E-state index in [9.17, 15) is 21.6 Å². The van der Waals surface area contributed by atoms with Crippen LogP contribution in [0, 0.1) is 6.92 Å². The number of carbonyl (C=O) groups excluding carboxylic acids is 1. The molecule has 0 atom stereocenters. The van der Waals surface area contributed by atoms with Gasteiger partial charge in [0.25, 0.3) is 0 Å². The van der Waals surface area contributed by atoms with Crippen LogP contribution in [0.1, 0.15) is 5.56 Å². The van der Waals surface area contributed by atoms with E-state index in [1.54, 1.807) is 6.92 Å². The average molecular weight is 306 g/mol. The molecular formula is C10H14N2O5S2. The Kier molecular flexibility index (Phi) is 4.33. The van der Waals surface area contributed by atoms with E-state index in [4.69, 9.17) is 5.14 Å². The summed E-state index contributed by atoms with van der Waals surface area (Å²) < 4.78 is 44.3. The number of nitrogens with two attached hydrogens (primary N) is 1. The van der Waals surface area contributed by atoms with Gasteiger partial charge in [-0.2, -0.15) is 0 Å². The second-order valence-electron chi connectivity index (χ2n) is 4.14. The zero-order valence-electron chi connectivity index (χ0n) is 10.4. The summed E-state index contributed by atoms with van der Waals surface area (Å²) in [6.45, 7) is 1.64. The molecule has 7 nitrogen and oxygen atoms in total. The lowest BCUT2D eigenvalue weighted by molar-refractivity contribution is -0.113. The fourth-order valence-corrected chi connectivity index (χ4v) is 2.43. The Balaban J connectivity index is 3.05. The Bertz CT molecular complexity index is 707. The average Bonchev–Trinajstić information content (AvgIpc) is 2.16. The summed E-state index contributed by atoms with van der Waals surface area (Å²) in [7, 11) is -7.33. The van der Waals surface area contributed by atoms with Crippen molar-refractivity contribution in [1.82, 2.24) is 0 Å². The minimum atomic E-state index is -3.88. The summed E-state index contributed by atoms with van der Waals surface area (Å²) in [5.41, 5.74) is 0.800. The van der Waals surface area contributed by atoms with Crippen molar-refractivity contribution in [3.63, 3.8) is 0 Å². The number of carbonyl (C=O) groups is 1. The number of sulfonamides is 1. The van der Waals surface area contributed by atoms with Crippen LogP contribution in [0.25, 0.3) is 0 Å². The number of anilines is 1. The molecule has 0 aliphatic heterocycles. The summed E-state index contributed by atoms with van der Waals surface area (Å²) in [4.78, 5) is 11.3. The maximum Gasteiger partial charge on any atom is 0.239 e. The van der Waals surface area contributed by atoms with E-state index >= 15 is 0 Å². The maximum absolute atomic E-state index is 11.5. The van der Waals surface area contributed by atoms with Crippen molar-refractivity contribution in [1.29, 1.82) is 0 Å². The number of benzene rings is 1. The number of sulfone groups is 1. The smallest absolute Gasteiger partial charge is 0.239 e. The van der Waals surface area contributed by atoms with Crippen LogP contribution in [0.2, 0.25) is 0 Å². The molecule has 0 saturated carbocycles. The quantitative estimate of drug-likeness (QED) is 0.785. The van der Waals surface area contributed by atoms with Crippen molar-refractivity contribution in [3.8, 4) is 0 Å². The molecule has 0 aliphatic carbocycles. The second-order valence-corrected chi connectivity index (χ2v) is 7.84. The highest BCUT2D eigenvalue weighted by Crippen LogP contribution is 2.19. The van der Waals surface area contributed by atoms with Gasteiger partial charge in [0.2, 0.25) is 15.9 Å². The Labute approximate surface area is 111 Å². The van der Waals surface area contributed by atoms with Crippen molar-refractivity contribution in [3.05, 3.63) is 23.8 Å². The van der Waals surface area contributed by atoms with Crippen LogP contribution >= 0.6 is 0 Å². The molecule has 19 heavy (non-hydrogen) atoms. The molecule has 0 fully saturated rings. The lowest BCUT2D eigenvalue weighted by atomic mass is 10.2. The SMILES string of the molecule is Cc1ccc(S(N)(=O)=O)cc1NC(=O)CS(C)(=O)=O. The first-order valence-corrected chi connectivity index (χ1v) is 8.71. The highest BCUT2D eigenvalue weighted by atomic mass is 32.2. The van der Waals surface area contributed by atoms with E-state index in [1.165, 1.54) is 18.2 Å². The predicted molar refractivity (Wildman–Crippen MR) is 70.9 cm³/mol. The van der Waals surface area contributed by atoms with Crippen molar-refractivity contribution in [2.24, 2.45) is 5.14 Å². The van der Waals surface area contributed by atoms with E-state index in [0.29, 0.717) is 5.56 Å². The van der Waals surface area contributed by atoms with Crippen molar-refractivity contribution < 1.29 is 21.6 Å². The van der Waals surface area contributed by atoms with Crippen LogP contribution in [0.15, 0.2) is 23.1 Å². The van der Waals surface area contributed by atoms with E-state index in [0.717, 1.165) is 6.26 Å². The van der Waals surface area contributed by atoms with Gasteiger partial charge < -0.3 is 5.32 Å². The Morgan fingerprint density at radius 2 is 1.84 bits per heavy atom. The number of rotatable bonds is 4. The first kappa shape index (κ1) is 15.6. The van der Waals surface area contributed by atoms with Crippen molar-refractivity contribution in [2.75, 3.05) is 17.3 Å². The third-order valence-corrected chi connectivity index (χ3v) is 3.90. The molecule has 0 bridgehead atoms. The first-order chi connectivity index (χ1) is 8.49. The van der Waals surface area contributed by atoms with E-state index < -0.39 is 31.5 Å². The Hall–Kier alpha value is -1.45. The predicted octanol–water partition coefficient (Wildman–Crippen LogP) is -0.374. The molecule has 0 radical (unpaired) electrons. The van der Waals surface area contributed by atoms with Crippen LogP contribution in [-0.4, -0.2) is 34.8 Å². The zero-order chi connectivity index (χ0) is 14.8. The molecule has 0 aliphatic rings. The third-order valence-electron chi connectivity index (χ3n) is 2.20. The van der Waals surface area contributed by atoms with Gasteiger partial charge in [-0.05, 0) is 24.6 Å². The topological polar surface area (TPSA) is 123 Å². The molecule has 1 amide bonds. The van der Waals surface area contributed by atoms with E-state index in [2.05, 4.69) is 5.32 Å². The molecule has 0 saturated heterocycles. The molecule has 0 aromatic heterocycles. The second kappa shape index (κ2) is 5.27. The minimum Gasteiger partial charge on any atom is -0.325 e.